The lowest BCUT2D eigenvalue weighted by Crippen LogP contribution is -2.53. The number of allylic oxidation sites excluding steroid dienone is 2. The Morgan fingerprint density at radius 2 is 2.00 bits per heavy atom. The van der Waals surface area contributed by atoms with Gasteiger partial charge in [0.1, 0.15) is 18.0 Å². The Morgan fingerprint density at radius 1 is 1.21 bits per heavy atom. The van der Waals surface area contributed by atoms with E-state index in [2.05, 4.69) is 30.8 Å². The number of nitrogens with one attached hydrogen (secondary N) is 3. The fourth-order valence-corrected chi connectivity index (χ4v) is 4.80. The highest BCUT2D eigenvalue weighted by Crippen LogP contribution is 2.41. The van der Waals surface area contributed by atoms with Crippen LogP contribution < -0.4 is 16.0 Å². The molecule has 1 spiro atoms. The van der Waals surface area contributed by atoms with Gasteiger partial charge in [-0.1, -0.05) is 18.0 Å². The van der Waals surface area contributed by atoms with Crippen molar-refractivity contribution < 1.29 is 4.79 Å². The average Bonchev–Trinajstić information content (AvgIpc) is 3.48. The highest BCUT2D eigenvalue weighted by atomic mass is 35.5. The minimum Gasteiger partial charge on any atom is -0.348 e. The summed E-state index contributed by atoms with van der Waals surface area (Å²) in [4.78, 5) is 22.9. The van der Waals surface area contributed by atoms with Crippen LogP contribution in [0.25, 0.3) is 0 Å². The first kappa shape index (κ1) is 17.9. The van der Waals surface area contributed by atoms with E-state index in [0.29, 0.717) is 11.6 Å². The van der Waals surface area contributed by atoms with Gasteiger partial charge < -0.3 is 15.5 Å². The minimum atomic E-state index is 0.0317. The third-order valence-electron chi connectivity index (χ3n) is 6.17. The number of carbonyl (C=O) groups excluding carboxylic acids is 1. The monoisotopic (exact) mass is 400 g/mol. The minimum absolute atomic E-state index is 0.0317. The molecule has 3 N–H and O–H groups in total. The van der Waals surface area contributed by atoms with Gasteiger partial charge >= 0.3 is 0 Å². The molecule has 2 aliphatic heterocycles. The number of nitrogens with zero attached hydrogens (tertiary/aromatic N) is 3. The lowest BCUT2D eigenvalue weighted by Gasteiger charge is -2.44. The fourth-order valence-electron chi connectivity index (χ4n) is 4.50. The Morgan fingerprint density at radius 3 is 2.79 bits per heavy atom. The van der Waals surface area contributed by atoms with Crippen molar-refractivity contribution in [2.75, 3.05) is 23.7 Å². The van der Waals surface area contributed by atoms with Gasteiger partial charge in [0.15, 0.2) is 0 Å². The summed E-state index contributed by atoms with van der Waals surface area (Å²) in [5.41, 5.74) is 2.22. The second-order valence-electron chi connectivity index (χ2n) is 8.17. The molecule has 8 heteroatoms. The molecule has 2 saturated carbocycles. The normalized spacial score (nSPS) is 23.5. The first-order chi connectivity index (χ1) is 13.6. The number of hydrogen-bond donors (Lipinski definition) is 3. The van der Waals surface area contributed by atoms with E-state index < -0.39 is 0 Å². The molecule has 0 atom stereocenters. The summed E-state index contributed by atoms with van der Waals surface area (Å²) in [7, 11) is 0. The molecule has 0 bridgehead atoms. The molecule has 148 valence electrons. The van der Waals surface area contributed by atoms with Gasteiger partial charge in [0, 0.05) is 29.9 Å². The molecule has 1 aromatic rings. The maximum atomic E-state index is 12.0. The summed E-state index contributed by atoms with van der Waals surface area (Å²) in [6.07, 6.45) is 11.5. The number of carbonyl (C=O) groups is 1. The number of rotatable bonds is 4. The molecule has 28 heavy (non-hydrogen) atoms. The quantitative estimate of drug-likeness (QED) is 0.720. The summed E-state index contributed by atoms with van der Waals surface area (Å²) < 4.78 is 0. The van der Waals surface area contributed by atoms with Crippen molar-refractivity contribution in [2.45, 2.75) is 50.6 Å². The molecule has 2 aliphatic carbocycles. The molecular formula is C20H25ClN6O. The van der Waals surface area contributed by atoms with Crippen LogP contribution in [0.3, 0.4) is 0 Å². The Kier molecular flexibility index (Phi) is 4.51. The van der Waals surface area contributed by atoms with Gasteiger partial charge in [-0.05, 0) is 44.6 Å². The second-order valence-corrected chi connectivity index (χ2v) is 8.58. The standard InChI is InChI=1S/C20H25ClN6O/c21-15-8-14(11-27-16(15)10-24-20(27)6-2-1-3-7-20)25-17-9-18(23-12-22-17)26-19(28)13-4-5-13/h8-9,12-13,24H,1-7,10-11H2,(H2,22,23,25,26,28). The van der Waals surface area contributed by atoms with Crippen molar-refractivity contribution in [3.05, 3.63) is 34.9 Å². The number of anilines is 2. The van der Waals surface area contributed by atoms with Crippen LogP contribution in [0.15, 0.2) is 34.9 Å². The van der Waals surface area contributed by atoms with E-state index in [9.17, 15) is 4.79 Å². The van der Waals surface area contributed by atoms with Gasteiger partial charge in [0.2, 0.25) is 5.91 Å². The second kappa shape index (κ2) is 7.04. The zero-order valence-electron chi connectivity index (χ0n) is 15.8. The van der Waals surface area contributed by atoms with Crippen molar-refractivity contribution in [3.8, 4) is 0 Å². The lowest BCUT2D eigenvalue weighted by molar-refractivity contribution is -0.117. The van der Waals surface area contributed by atoms with Crippen molar-refractivity contribution in [2.24, 2.45) is 5.92 Å². The number of hydrogen-bond acceptors (Lipinski definition) is 6. The summed E-state index contributed by atoms with van der Waals surface area (Å²) in [5, 5.41) is 10.7. The summed E-state index contributed by atoms with van der Waals surface area (Å²) in [5.74, 6) is 1.37. The zero-order chi connectivity index (χ0) is 19.1. The Hall–Kier alpha value is -2.12. The van der Waals surface area contributed by atoms with E-state index in [1.54, 1.807) is 6.07 Å². The largest absolute Gasteiger partial charge is 0.348 e. The van der Waals surface area contributed by atoms with Crippen molar-refractivity contribution in [1.82, 2.24) is 20.2 Å². The molecule has 0 unspecified atom stereocenters. The van der Waals surface area contributed by atoms with Gasteiger partial charge in [0.05, 0.1) is 17.2 Å². The predicted octanol–water partition coefficient (Wildman–Crippen LogP) is 3.15. The Bertz CT molecular complexity index is 856. The van der Waals surface area contributed by atoms with Gasteiger partial charge in [-0.25, -0.2) is 9.97 Å². The van der Waals surface area contributed by atoms with Gasteiger partial charge in [-0.2, -0.15) is 0 Å². The number of amides is 1. The average molecular weight is 401 g/mol. The summed E-state index contributed by atoms with van der Waals surface area (Å²) in [6.45, 7) is 1.60. The third kappa shape index (κ3) is 3.37. The van der Waals surface area contributed by atoms with Crippen LogP contribution in [0.5, 0.6) is 0 Å². The molecule has 1 saturated heterocycles. The summed E-state index contributed by atoms with van der Waals surface area (Å²) >= 11 is 6.61. The van der Waals surface area contributed by atoms with Crippen LogP contribution in [-0.2, 0) is 4.79 Å². The number of halogens is 1. The SMILES string of the molecule is O=C(Nc1cc(NC2=CC(Cl)=C3CNC4(CCCCC4)N3C2)ncn1)C1CC1. The van der Waals surface area contributed by atoms with Crippen molar-refractivity contribution in [1.29, 1.82) is 0 Å². The third-order valence-corrected chi connectivity index (χ3v) is 6.50. The van der Waals surface area contributed by atoms with E-state index in [0.717, 1.165) is 49.5 Å². The van der Waals surface area contributed by atoms with E-state index in [4.69, 9.17) is 11.6 Å². The predicted molar refractivity (Wildman–Crippen MR) is 108 cm³/mol. The molecule has 3 fully saturated rings. The van der Waals surface area contributed by atoms with Crippen LogP contribution in [0.1, 0.15) is 44.9 Å². The van der Waals surface area contributed by atoms with E-state index >= 15 is 0 Å². The molecule has 3 heterocycles. The molecule has 0 aromatic carbocycles. The first-order valence-corrected chi connectivity index (χ1v) is 10.5. The molecule has 1 amide bonds. The topological polar surface area (TPSA) is 82.2 Å². The van der Waals surface area contributed by atoms with E-state index in [-0.39, 0.29) is 17.5 Å². The Labute approximate surface area is 169 Å². The lowest BCUT2D eigenvalue weighted by atomic mass is 9.88. The molecule has 7 nitrogen and oxygen atoms in total. The van der Waals surface area contributed by atoms with Crippen LogP contribution in [-0.4, -0.2) is 39.5 Å². The van der Waals surface area contributed by atoms with Crippen molar-refractivity contribution >= 4 is 29.1 Å². The van der Waals surface area contributed by atoms with Crippen LogP contribution >= 0.6 is 11.6 Å². The maximum Gasteiger partial charge on any atom is 0.228 e. The van der Waals surface area contributed by atoms with Gasteiger partial charge in [-0.3, -0.25) is 10.1 Å². The van der Waals surface area contributed by atoms with Crippen LogP contribution in [0.2, 0.25) is 0 Å². The van der Waals surface area contributed by atoms with Gasteiger partial charge in [-0.15, -0.1) is 0 Å². The molecule has 4 aliphatic rings. The van der Waals surface area contributed by atoms with Gasteiger partial charge in [0.25, 0.3) is 0 Å². The molecule has 1 aromatic heterocycles. The van der Waals surface area contributed by atoms with Crippen LogP contribution in [0, 0.1) is 5.92 Å². The first-order valence-electron chi connectivity index (χ1n) is 10.1. The van der Waals surface area contributed by atoms with Crippen LogP contribution in [0.4, 0.5) is 11.6 Å². The molecular weight excluding hydrogens is 376 g/mol. The maximum absolute atomic E-state index is 12.0. The van der Waals surface area contributed by atoms with E-state index in [1.807, 2.05) is 6.08 Å². The smallest absolute Gasteiger partial charge is 0.228 e. The fraction of sp³-hybridized carbons (Fsp3) is 0.550. The number of aromatic nitrogens is 2. The molecule has 0 radical (unpaired) electrons. The highest BCUT2D eigenvalue weighted by molar-refractivity contribution is 6.31. The zero-order valence-corrected chi connectivity index (χ0v) is 16.6. The highest BCUT2D eigenvalue weighted by Gasteiger charge is 2.45. The number of fused-ring (bicyclic) bond motifs is 2. The summed E-state index contributed by atoms with van der Waals surface area (Å²) in [6, 6.07) is 1.77. The van der Waals surface area contributed by atoms with E-state index in [1.165, 1.54) is 31.3 Å². The Balaban J connectivity index is 1.32. The molecule has 5 rings (SSSR count). The van der Waals surface area contributed by atoms with Crippen molar-refractivity contribution in [3.63, 3.8) is 0 Å².